The molecule has 0 aromatic heterocycles. The molecule has 1 aromatic carbocycles. The Balaban J connectivity index is 2.84. The Morgan fingerprint density at radius 1 is 1.33 bits per heavy atom. The van der Waals surface area contributed by atoms with E-state index in [0.29, 0.717) is 5.69 Å². The van der Waals surface area contributed by atoms with Crippen molar-refractivity contribution in [2.45, 2.75) is 40.2 Å². The highest BCUT2D eigenvalue weighted by atomic mass is 79.9. The molecule has 21 heavy (non-hydrogen) atoms. The van der Waals surface area contributed by atoms with Crippen LogP contribution in [0.1, 0.15) is 33.3 Å². The van der Waals surface area contributed by atoms with Gasteiger partial charge in [0.05, 0.1) is 0 Å². The highest BCUT2D eigenvalue weighted by Gasteiger charge is 2.32. The molecule has 1 rings (SSSR count). The Labute approximate surface area is 133 Å². The minimum Gasteiger partial charge on any atom is -0.480 e. The fourth-order valence-electron chi connectivity index (χ4n) is 1.91. The van der Waals surface area contributed by atoms with Gasteiger partial charge in [-0.25, -0.2) is 9.59 Å². The van der Waals surface area contributed by atoms with E-state index in [1.165, 1.54) is 0 Å². The molecule has 1 atom stereocenters. The van der Waals surface area contributed by atoms with Crippen LogP contribution in [0.3, 0.4) is 0 Å². The molecular formula is C15H21BrN2O3. The molecule has 0 aliphatic heterocycles. The largest absolute Gasteiger partial charge is 0.480 e. The summed E-state index contributed by atoms with van der Waals surface area (Å²) in [6.45, 7) is 7.29. The number of amides is 2. The van der Waals surface area contributed by atoms with E-state index >= 15 is 0 Å². The topological polar surface area (TPSA) is 78.4 Å². The number of carbonyl (C=O) groups excluding carboxylic acids is 1. The van der Waals surface area contributed by atoms with Gasteiger partial charge in [-0.1, -0.05) is 43.6 Å². The third-order valence-corrected chi connectivity index (χ3v) is 3.58. The number of carboxylic acids is 1. The summed E-state index contributed by atoms with van der Waals surface area (Å²) >= 11 is 3.38. The maximum Gasteiger partial charge on any atom is 0.326 e. The lowest BCUT2D eigenvalue weighted by Crippen LogP contribution is -2.50. The molecule has 2 amide bonds. The minimum absolute atomic E-state index is 0.519. The molecule has 0 saturated carbocycles. The number of aliphatic carboxylic acids is 1. The Hall–Kier alpha value is -1.56. The minimum atomic E-state index is -1.05. The molecular weight excluding hydrogens is 336 g/mol. The quantitative estimate of drug-likeness (QED) is 0.770. The van der Waals surface area contributed by atoms with E-state index in [1.54, 1.807) is 26.8 Å². The lowest BCUT2D eigenvalue weighted by Gasteiger charge is -2.27. The molecule has 0 fully saturated rings. The van der Waals surface area contributed by atoms with Crippen molar-refractivity contribution in [1.29, 1.82) is 0 Å². The van der Waals surface area contributed by atoms with Crippen molar-refractivity contribution in [3.63, 3.8) is 0 Å². The van der Waals surface area contributed by atoms with Crippen molar-refractivity contribution in [3.8, 4) is 0 Å². The van der Waals surface area contributed by atoms with E-state index in [1.807, 2.05) is 19.1 Å². The van der Waals surface area contributed by atoms with E-state index < -0.39 is 23.5 Å². The Morgan fingerprint density at radius 2 is 1.95 bits per heavy atom. The number of carboxylic acid groups (broad SMARTS) is 1. The Bertz CT molecular complexity index is 538. The Morgan fingerprint density at radius 3 is 2.43 bits per heavy atom. The summed E-state index contributed by atoms with van der Waals surface area (Å²) in [5.74, 6) is -1.05. The van der Waals surface area contributed by atoms with E-state index in [0.717, 1.165) is 16.5 Å². The van der Waals surface area contributed by atoms with Crippen LogP contribution < -0.4 is 10.6 Å². The van der Waals surface area contributed by atoms with E-state index in [2.05, 4.69) is 26.6 Å². The third kappa shape index (κ3) is 5.04. The number of halogens is 1. The summed E-state index contributed by atoms with van der Waals surface area (Å²) in [5, 5.41) is 14.4. The molecule has 0 radical (unpaired) electrons. The van der Waals surface area contributed by atoms with Gasteiger partial charge in [-0.3, -0.25) is 0 Å². The molecule has 0 heterocycles. The smallest absolute Gasteiger partial charge is 0.326 e. The predicted molar refractivity (Wildman–Crippen MR) is 86.6 cm³/mol. The summed E-state index contributed by atoms with van der Waals surface area (Å²) in [7, 11) is 0. The van der Waals surface area contributed by atoms with Crippen LogP contribution in [0.4, 0.5) is 10.5 Å². The summed E-state index contributed by atoms with van der Waals surface area (Å²) < 4.78 is 0.934. The van der Waals surface area contributed by atoms with Crippen molar-refractivity contribution >= 4 is 33.6 Å². The zero-order valence-electron chi connectivity index (χ0n) is 12.7. The van der Waals surface area contributed by atoms with Crippen LogP contribution >= 0.6 is 15.9 Å². The lowest BCUT2D eigenvalue weighted by atomic mass is 9.87. The maximum absolute atomic E-state index is 12.0. The van der Waals surface area contributed by atoms with Gasteiger partial charge in [0.2, 0.25) is 0 Å². The van der Waals surface area contributed by atoms with Gasteiger partial charge in [0, 0.05) is 10.2 Å². The van der Waals surface area contributed by atoms with Gasteiger partial charge in [0.25, 0.3) is 0 Å². The second-order valence-corrected chi connectivity index (χ2v) is 6.81. The third-order valence-electron chi connectivity index (χ3n) is 3.08. The number of urea groups is 1. The number of hydrogen-bond acceptors (Lipinski definition) is 2. The first-order valence-corrected chi connectivity index (χ1v) is 7.53. The standard InChI is InChI=1S/C15H21BrN2O3/c1-5-9-8-10(16)6-7-11(9)17-14(21)18-12(13(19)20)15(2,3)4/h6-8,12H,5H2,1-4H3,(H,19,20)(H2,17,18,21). The van der Waals surface area contributed by atoms with E-state index in [-0.39, 0.29) is 0 Å². The molecule has 116 valence electrons. The van der Waals surface area contributed by atoms with Gasteiger partial charge in [-0.15, -0.1) is 0 Å². The number of carbonyl (C=O) groups is 2. The van der Waals surface area contributed by atoms with Crippen LogP contribution in [0.15, 0.2) is 22.7 Å². The van der Waals surface area contributed by atoms with Gasteiger partial charge in [0.1, 0.15) is 6.04 Å². The zero-order chi connectivity index (χ0) is 16.2. The van der Waals surface area contributed by atoms with Crippen LogP contribution in [0.5, 0.6) is 0 Å². The normalized spacial score (nSPS) is 12.6. The van der Waals surface area contributed by atoms with Crippen LogP contribution in [-0.2, 0) is 11.2 Å². The first kappa shape index (κ1) is 17.5. The van der Waals surface area contributed by atoms with Crippen molar-refractivity contribution < 1.29 is 14.7 Å². The summed E-state index contributed by atoms with van der Waals surface area (Å²) in [6, 6.07) is 4.06. The fraction of sp³-hybridized carbons (Fsp3) is 0.467. The molecule has 1 unspecified atom stereocenters. The van der Waals surface area contributed by atoms with Crippen molar-refractivity contribution in [3.05, 3.63) is 28.2 Å². The molecule has 5 nitrogen and oxygen atoms in total. The number of rotatable bonds is 4. The van der Waals surface area contributed by atoms with Gasteiger partial charge in [0.15, 0.2) is 0 Å². The molecule has 0 saturated heterocycles. The van der Waals surface area contributed by atoms with Gasteiger partial charge >= 0.3 is 12.0 Å². The lowest BCUT2D eigenvalue weighted by molar-refractivity contribution is -0.141. The van der Waals surface area contributed by atoms with Gasteiger partial charge < -0.3 is 15.7 Å². The molecule has 1 aromatic rings. The average molecular weight is 357 g/mol. The van der Waals surface area contributed by atoms with Gasteiger partial charge in [-0.2, -0.15) is 0 Å². The number of aryl methyl sites for hydroxylation is 1. The highest BCUT2D eigenvalue weighted by Crippen LogP contribution is 2.22. The molecule has 3 N–H and O–H groups in total. The number of benzene rings is 1. The first-order chi connectivity index (χ1) is 9.65. The summed E-state index contributed by atoms with van der Waals surface area (Å²) in [6.07, 6.45) is 0.761. The van der Waals surface area contributed by atoms with E-state index in [4.69, 9.17) is 0 Å². The molecule has 0 spiro atoms. The number of anilines is 1. The Kier molecular flexibility index (Phi) is 5.78. The fourth-order valence-corrected chi connectivity index (χ4v) is 2.32. The molecule has 0 aliphatic carbocycles. The second kappa shape index (κ2) is 6.93. The van der Waals surface area contributed by atoms with Crippen LogP contribution in [0.2, 0.25) is 0 Å². The summed E-state index contributed by atoms with van der Waals surface area (Å²) in [4.78, 5) is 23.3. The van der Waals surface area contributed by atoms with Crippen molar-refractivity contribution in [1.82, 2.24) is 5.32 Å². The SMILES string of the molecule is CCc1cc(Br)ccc1NC(=O)NC(C(=O)O)C(C)(C)C. The predicted octanol–water partition coefficient (Wildman–Crippen LogP) is 3.63. The molecule has 6 heteroatoms. The number of hydrogen-bond donors (Lipinski definition) is 3. The maximum atomic E-state index is 12.0. The molecule has 0 aliphatic rings. The highest BCUT2D eigenvalue weighted by molar-refractivity contribution is 9.10. The number of nitrogens with one attached hydrogen (secondary N) is 2. The first-order valence-electron chi connectivity index (χ1n) is 6.74. The monoisotopic (exact) mass is 356 g/mol. The molecule has 0 bridgehead atoms. The van der Waals surface area contributed by atoms with Crippen LogP contribution in [0, 0.1) is 5.41 Å². The second-order valence-electron chi connectivity index (χ2n) is 5.89. The zero-order valence-corrected chi connectivity index (χ0v) is 14.2. The average Bonchev–Trinajstić information content (AvgIpc) is 2.36. The van der Waals surface area contributed by atoms with Crippen LogP contribution in [0.25, 0.3) is 0 Å². The van der Waals surface area contributed by atoms with Crippen LogP contribution in [-0.4, -0.2) is 23.1 Å². The van der Waals surface area contributed by atoms with Gasteiger partial charge in [-0.05, 0) is 35.6 Å². The van der Waals surface area contributed by atoms with E-state index in [9.17, 15) is 14.7 Å². The van der Waals surface area contributed by atoms with Crippen molar-refractivity contribution in [2.24, 2.45) is 5.41 Å². The van der Waals surface area contributed by atoms with Crippen molar-refractivity contribution in [2.75, 3.05) is 5.32 Å². The summed E-state index contributed by atoms with van der Waals surface area (Å²) in [5.41, 5.74) is 1.08.